The zero-order valence-corrected chi connectivity index (χ0v) is 16.1. The average Bonchev–Trinajstić information content (AvgIpc) is 2.56. The number of hydrogen-bond acceptors (Lipinski definition) is 4. The summed E-state index contributed by atoms with van der Waals surface area (Å²) < 4.78 is 26.8. The Balaban J connectivity index is 2.21. The molecule has 0 atom stereocenters. The van der Waals surface area contributed by atoms with Crippen molar-refractivity contribution in [3.05, 3.63) is 64.2 Å². The van der Waals surface area contributed by atoms with Crippen molar-refractivity contribution in [3.8, 4) is 0 Å². The summed E-state index contributed by atoms with van der Waals surface area (Å²) in [7, 11) is -4.08. The maximum absolute atomic E-state index is 12.4. The zero-order chi connectivity index (χ0) is 19.5. The second-order valence-corrected chi connectivity index (χ2v) is 8.17. The molecule has 0 fully saturated rings. The van der Waals surface area contributed by atoms with Crippen molar-refractivity contribution in [1.29, 1.82) is 0 Å². The molecule has 6 nitrogen and oxygen atoms in total. The van der Waals surface area contributed by atoms with E-state index in [9.17, 15) is 18.0 Å². The molecule has 138 valence electrons. The summed E-state index contributed by atoms with van der Waals surface area (Å²) in [4.78, 5) is 24.1. The number of carbonyl (C=O) groups is 2. The van der Waals surface area contributed by atoms with Crippen LogP contribution in [-0.2, 0) is 10.0 Å². The highest BCUT2D eigenvalue weighted by Crippen LogP contribution is 2.17. The van der Waals surface area contributed by atoms with Crippen LogP contribution in [0.2, 0.25) is 5.02 Å². The Kier molecular flexibility index (Phi) is 6.05. The summed E-state index contributed by atoms with van der Waals surface area (Å²) >= 11 is 5.86. The molecule has 26 heavy (non-hydrogen) atoms. The van der Waals surface area contributed by atoms with Gasteiger partial charge in [-0.05, 0) is 62.7 Å². The molecule has 0 unspecified atom stereocenters. The first-order chi connectivity index (χ1) is 12.1. The molecule has 2 rings (SSSR count). The lowest BCUT2D eigenvalue weighted by Crippen LogP contribution is -2.31. The fourth-order valence-electron chi connectivity index (χ4n) is 2.21. The molecule has 2 aromatic rings. The van der Waals surface area contributed by atoms with Crippen LogP contribution in [0.1, 0.15) is 40.1 Å². The number of benzene rings is 2. The molecule has 2 aromatic carbocycles. The molecule has 0 radical (unpaired) electrons. The van der Waals surface area contributed by atoms with Gasteiger partial charge in [-0.1, -0.05) is 17.7 Å². The Hall–Kier alpha value is -2.38. The second-order valence-electron chi connectivity index (χ2n) is 6.05. The highest BCUT2D eigenvalue weighted by molar-refractivity contribution is 7.90. The first-order valence-corrected chi connectivity index (χ1v) is 9.70. The minimum atomic E-state index is -4.08. The van der Waals surface area contributed by atoms with E-state index in [4.69, 9.17) is 11.6 Å². The van der Waals surface area contributed by atoms with Crippen LogP contribution in [0.5, 0.6) is 0 Å². The molecule has 0 bridgehead atoms. The van der Waals surface area contributed by atoms with Crippen LogP contribution in [-0.4, -0.2) is 26.3 Å². The van der Waals surface area contributed by atoms with Gasteiger partial charge >= 0.3 is 0 Å². The van der Waals surface area contributed by atoms with Crippen molar-refractivity contribution in [2.24, 2.45) is 0 Å². The van der Waals surface area contributed by atoms with Crippen LogP contribution in [0.25, 0.3) is 0 Å². The van der Waals surface area contributed by atoms with Gasteiger partial charge in [0.2, 0.25) is 0 Å². The molecule has 0 saturated heterocycles. The monoisotopic (exact) mass is 394 g/mol. The molecule has 8 heteroatoms. The predicted octanol–water partition coefficient (Wildman–Crippen LogP) is 2.91. The lowest BCUT2D eigenvalue weighted by Gasteiger charge is -2.11. The van der Waals surface area contributed by atoms with E-state index in [1.807, 2.05) is 18.6 Å². The minimum Gasteiger partial charge on any atom is -0.350 e. The summed E-state index contributed by atoms with van der Waals surface area (Å²) in [6, 6.07) is 9.94. The molecule has 0 heterocycles. The quantitative estimate of drug-likeness (QED) is 0.815. The first kappa shape index (κ1) is 19.9. The maximum atomic E-state index is 12.4. The van der Waals surface area contributed by atoms with E-state index in [1.165, 1.54) is 30.3 Å². The van der Waals surface area contributed by atoms with Gasteiger partial charge in [0.05, 0.1) is 4.90 Å². The van der Waals surface area contributed by atoms with E-state index in [0.29, 0.717) is 16.1 Å². The summed E-state index contributed by atoms with van der Waals surface area (Å²) in [6.45, 7) is 5.33. The summed E-state index contributed by atoms with van der Waals surface area (Å²) in [5.74, 6) is -1.07. The lowest BCUT2D eigenvalue weighted by molar-refractivity contribution is 0.0941. The largest absolute Gasteiger partial charge is 0.350 e. The molecule has 0 saturated carbocycles. The van der Waals surface area contributed by atoms with Gasteiger partial charge in [0.25, 0.3) is 21.8 Å². The number of rotatable bonds is 5. The average molecular weight is 395 g/mol. The van der Waals surface area contributed by atoms with E-state index in [2.05, 4.69) is 5.32 Å². The maximum Gasteiger partial charge on any atom is 0.265 e. The Morgan fingerprint density at radius 3 is 2.19 bits per heavy atom. The molecule has 0 aliphatic heterocycles. The van der Waals surface area contributed by atoms with Crippen molar-refractivity contribution in [2.45, 2.75) is 31.7 Å². The highest BCUT2D eigenvalue weighted by Gasteiger charge is 2.20. The molecule has 0 aromatic heterocycles. The lowest BCUT2D eigenvalue weighted by atomic mass is 10.1. The van der Waals surface area contributed by atoms with Crippen molar-refractivity contribution in [2.75, 3.05) is 0 Å². The zero-order valence-electron chi connectivity index (χ0n) is 14.5. The van der Waals surface area contributed by atoms with Crippen molar-refractivity contribution < 1.29 is 18.0 Å². The highest BCUT2D eigenvalue weighted by atomic mass is 35.5. The molecule has 0 aliphatic rings. The van der Waals surface area contributed by atoms with Gasteiger partial charge in [0, 0.05) is 22.2 Å². The van der Waals surface area contributed by atoms with Crippen LogP contribution in [0.4, 0.5) is 0 Å². The van der Waals surface area contributed by atoms with Gasteiger partial charge in [-0.3, -0.25) is 9.59 Å². The number of nitrogens with one attached hydrogen (secondary N) is 2. The number of hydrogen-bond donors (Lipinski definition) is 2. The molecular weight excluding hydrogens is 376 g/mol. The third-order valence-corrected chi connectivity index (χ3v) is 5.10. The fourth-order valence-corrected chi connectivity index (χ4v) is 3.34. The third kappa shape index (κ3) is 4.83. The van der Waals surface area contributed by atoms with Crippen LogP contribution < -0.4 is 10.0 Å². The predicted molar refractivity (Wildman–Crippen MR) is 99.9 cm³/mol. The number of sulfonamides is 1. The van der Waals surface area contributed by atoms with E-state index < -0.39 is 15.9 Å². The van der Waals surface area contributed by atoms with Gasteiger partial charge < -0.3 is 5.32 Å². The smallest absolute Gasteiger partial charge is 0.265 e. The van der Waals surface area contributed by atoms with Crippen LogP contribution in [0, 0.1) is 6.92 Å². The third-order valence-electron chi connectivity index (χ3n) is 3.52. The number of aryl methyl sites for hydroxylation is 1. The minimum absolute atomic E-state index is 0.0360. The van der Waals surface area contributed by atoms with Crippen LogP contribution >= 0.6 is 11.6 Å². The topological polar surface area (TPSA) is 92.3 Å². The molecule has 0 aliphatic carbocycles. The second kappa shape index (κ2) is 7.88. The normalized spacial score (nSPS) is 11.3. The number of amides is 2. The van der Waals surface area contributed by atoms with Crippen molar-refractivity contribution >= 4 is 33.4 Å². The summed E-state index contributed by atoms with van der Waals surface area (Å²) in [6.07, 6.45) is 0. The molecule has 2 N–H and O–H groups in total. The number of halogens is 1. The Morgan fingerprint density at radius 2 is 1.62 bits per heavy atom. The summed E-state index contributed by atoms with van der Waals surface area (Å²) in [5, 5.41) is 3.04. The van der Waals surface area contributed by atoms with Gasteiger partial charge in [-0.15, -0.1) is 0 Å². The van der Waals surface area contributed by atoms with E-state index in [-0.39, 0.29) is 22.4 Å². The Morgan fingerprint density at radius 1 is 1.00 bits per heavy atom. The van der Waals surface area contributed by atoms with E-state index in [1.54, 1.807) is 19.1 Å². The fraction of sp³-hybridized carbons (Fsp3) is 0.222. The van der Waals surface area contributed by atoms with Gasteiger partial charge in [-0.2, -0.15) is 0 Å². The Bertz CT molecular complexity index is 938. The van der Waals surface area contributed by atoms with Crippen molar-refractivity contribution in [3.63, 3.8) is 0 Å². The van der Waals surface area contributed by atoms with E-state index in [0.717, 1.165) is 0 Å². The van der Waals surface area contributed by atoms with Crippen LogP contribution in [0.3, 0.4) is 0 Å². The van der Waals surface area contributed by atoms with Gasteiger partial charge in [0.15, 0.2) is 0 Å². The first-order valence-electron chi connectivity index (χ1n) is 7.84. The Labute approximate surface area is 157 Å². The number of carbonyl (C=O) groups excluding carboxylic acids is 2. The van der Waals surface area contributed by atoms with Gasteiger partial charge in [0.1, 0.15) is 0 Å². The standard InChI is InChI=1S/C18H19ClN2O4S/c1-11(2)20-17(22)13-5-8-15(9-6-13)26(24,25)21-18(23)16-10-14(19)7-4-12(16)3/h4-11H,1-3H3,(H,20,22)(H,21,23). The van der Waals surface area contributed by atoms with Crippen molar-refractivity contribution in [1.82, 2.24) is 10.0 Å². The SMILES string of the molecule is Cc1ccc(Cl)cc1C(=O)NS(=O)(=O)c1ccc(C(=O)NC(C)C)cc1. The molecule has 2 amide bonds. The van der Waals surface area contributed by atoms with Crippen LogP contribution in [0.15, 0.2) is 47.4 Å². The summed E-state index contributed by atoms with van der Waals surface area (Å²) in [5.41, 5.74) is 1.10. The van der Waals surface area contributed by atoms with Gasteiger partial charge in [-0.25, -0.2) is 13.1 Å². The van der Waals surface area contributed by atoms with E-state index >= 15 is 0 Å². The molecular formula is C18H19ClN2O4S. The molecule has 0 spiro atoms.